The van der Waals surface area contributed by atoms with Crippen molar-refractivity contribution in [3.8, 4) is 0 Å². The topological polar surface area (TPSA) is 83.5 Å². The Bertz CT molecular complexity index is 368. The van der Waals surface area contributed by atoms with Crippen LogP contribution in [0.3, 0.4) is 0 Å². The van der Waals surface area contributed by atoms with Gasteiger partial charge in [-0.05, 0) is 23.3 Å². The van der Waals surface area contributed by atoms with Crippen LogP contribution in [0.1, 0.15) is 17.2 Å². The van der Waals surface area contributed by atoms with E-state index in [2.05, 4.69) is 0 Å². The second-order valence-corrected chi connectivity index (χ2v) is 3.64. The Morgan fingerprint density at radius 2 is 2.20 bits per heavy atom. The number of aliphatic hydroxyl groups is 1. The van der Waals surface area contributed by atoms with Gasteiger partial charge in [0.25, 0.3) is 0 Å². The van der Waals surface area contributed by atoms with Crippen LogP contribution in [-0.2, 0) is 11.2 Å². The Hall–Kier alpha value is -1.10. The first-order chi connectivity index (χ1) is 7.04. The zero-order chi connectivity index (χ0) is 11.4. The summed E-state index contributed by atoms with van der Waals surface area (Å²) >= 11 is 5.75. The molecule has 0 spiro atoms. The highest BCUT2D eigenvalue weighted by Gasteiger charge is 2.12. The Morgan fingerprint density at radius 1 is 1.53 bits per heavy atom. The van der Waals surface area contributed by atoms with Crippen molar-refractivity contribution in [3.05, 3.63) is 34.3 Å². The molecule has 0 saturated heterocycles. The van der Waals surface area contributed by atoms with E-state index >= 15 is 0 Å². The van der Waals surface area contributed by atoms with Crippen LogP contribution in [0.2, 0.25) is 5.02 Å². The van der Waals surface area contributed by atoms with Crippen molar-refractivity contribution >= 4 is 17.6 Å². The van der Waals surface area contributed by atoms with Crippen LogP contribution in [0, 0.1) is 0 Å². The second-order valence-electron chi connectivity index (χ2n) is 3.20. The number of aliphatic hydroxyl groups excluding tert-OH is 1. The molecule has 1 atom stereocenters. The zero-order valence-corrected chi connectivity index (χ0v) is 8.74. The van der Waals surface area contributed by atoms with E-state index < -0.39 is 12.0 Å². The van der Waals surface area contributed by atoms with E-state index in [0.29, 0.717) is 16.1 Å². The van der Waals surface area contributed by atoms with Crippen molar-refractivity contribution in [2.45, 2.75) is 12.5 Å². The van der Waals surface area contributed by atoms with Crippen molar-refractivity contribution in [2.75, 3.05) is 6.61 Å². The van der Waals surface area contributed by atoms with Crippen LogP contribution >= 0.6 is 11.6 Å². The molecule has 0 aliphatic carbocycles. The minimum Gasteiger partial charge on any atom is -0.481 e. The lowest BCUT2D eigenvalue weighted by atomic mass is 9.99. The summed E-state index contributed by atoms with van der Waals surface area (Å²) in [6, 6.07) is 4.25. The first-order valence-corrected chi connectivity index (χ1v) is 4.79. The van der Waals surface area contributed by atoms with E-state index in [-0.39, 0.29) is 13.0 Å². The smallest absolute Gasteiger partial charge is 0.307 e. The molecule has 0 heterocycles. The number of carboxylic acids is 1. The number of aliphatic carboxylic acids is 1. The lowest BCUT2D eigenvalue weighted by molar-refractivity contribution is -0.136. The fourth-order valence-electron chi connectivity index (χ4n) is 1.35. The Labute approximate surface area is 92.3 Å². The standard InChI is InChI=1S/C10H12ClNO3/c11-7-1-2-8(9(12)5-13)6(3-7)4-10(14)15/h1-3,9,13H,4-5,12H2,(H,14,15)/t9-/m1/s1. The highest BCUT2D eigenvalue weighted by atomic mass is 35.5. The minimum atomic E-state index is -0.955. The number of benzene rings is 1. The average molecular weight is 230 g/mol. The van der Waals surface area contributed by atoms with Crippen LogP contribution in [0.25, 0.3) is 0 Å². The summed E-state index contributed by atoms with van der Waals surface area (Å²) in [5.41, 5.74) is 6.79. The van der Waals surface area contributed by atoms with Gasteiger partial charge in [0.2, 0.25) is 0 Å². The molecule has 1 aromatic carbocycles. The van der Waals surface area contributed by atoms with E-state index in [4.69, 9.17) is 27.5 Å². The Balaban J connectivity index is 3.08. The van der Waals surface area contributed by atoms with Gasteiger partial charge in [-0.1, -0.05) is 17.7 Å². The fourth-order valence-corrected chi connectivity index (χ4v) is 1.55. The summed E-state index contributed by atoms with van der Waals surface area (Å²) in [4.78, 5) is 10.6. The van der Waals surface area contributed by atoms with E-state index in [1.165, 1.54) is 0 Å². The third kappa shape index (κ3) is 3.20. The van der Waals surface area contributed by atoms with Crippen molar-refractivity contribution in [2.24, 2.45) is 5.73 Å². The number of nitrogens with two attached hydrogens (primary N) is 1. The van der Waals surface area contributed by atoms with Gasteiger partial charge in [0.05, 0.1) is 19.1 Å². The summed E-state index contributed by atoms with van der Waals surface area (Å²) in [6.45, 7) is -0.228. The van der Waals surface area contributed by atoms with Crippen molar-refractivity contribution < 1.29 is 15.0 Å². The van der Waals surface area contributed by atoms with E-state index in [9.17, 15) is 4.79 Å². The second kappa shape index (κ2) is 5.11. The first kappa shape index (κ1) is 12.0. The molecule has 0 unspecified atom stereocenters. The van der Waals surface area contributed by atoms with Crippen LogP contribution in [-0.4, -0.2) is 22.8 Å². The highest BCUT2D eigenvalue weighted by Crippen LogP contribution is 2.21. The van der Waals surface area contributed by atoms with Gasteiger partial charge in [-0.25, -0.2) is 0 Å². The lowest BCUT2D eigenvalue weighted by Gasteiger charge is -2.13. The highest BCUT2D eigenvalue weighted by molar-refractivity contribution is 6.30. The predicted molar refractivity (Wildman–Crippen MR) is 56.8 cm³/mol. The lowest BCUT2D eigenvalue weighted by Crippen LogP contribution is -2.17. The van der Waals surface area contributed by atoms with Crippen molar-refractivity contribution in [3.63, 3.8) is 0 Å². The molecule has 4 nitrogen and oxygen atoms in total. The molecule has 1 aromatic rings. The van der Waals surface area contributed by atoms with Crippen LogP contribution < -0.4 is 5.73 Å². The molecule has 5 heteroatoms. The summed E-state index contributed by atoms with van der Waals surface area (Å²) in [6.07, 6.45) is -0.149. The monoisotopic (exact) mass is 229 g/mol. The van der Waals surface area contributed by atoms with Gasteiger partial charge in [-0.2, -0.15) is 0 Å². The maximum absolute atomic E-state index is 10.6. The fraction of sp³-hybridized carbons (Fsp3) is 0.300. The van der Waals surface area contributed by atoms with Gasteiger partial charge >= 0.3 is 5.97 Å². The van der Waals surface area contributed by atoms with Gasteiger partial charge in [0, 0.05) is 5.02 Å². The maximum Gasteiger partial charge on any atom is 0.307 e. The molecular weight excluding hydrogens is 218 g/mol. The molecule has 0 bridgehead atoms. The van der Waals surface area contributed by atoms with Crippen LogP contribution in [0.5, 0.6) is 0 Å². The third-order valence-corrected chi connectivity index (χ3v) is 2.28. The van der Waals surface area contributed by atoms with Gasteiger partial charge in [0.15, 0.2) is 0 Å². The number of hydrogen-bond acceptors (Lipinski definition) is 3. The first-order valence-electron chi connectivity index (χ1n) is 4.41. The molecule has 0 aromatic heterocycles. The van der Waals surface area contributed by atoms with E-state index in [0.717, 1.165) is 0 Å². The summed E-state index contributed by atoms with van der Waals surface area (Å²) in [5.74, 6) is -0.955. The molecule has 0 fully saturated rings. The van der Waals surface area contributed by atoms with E-state index in [1.54, 1.807) is 18.2 Å². The molecule has 1 rings (SSSR count). The molecular formula is C10H12ClNO3. The molecule has 0 radical (unpaired) electrons. The molecule has 0 saturated carbocycles. The van der Waals surface area contributed by atoms with E-state index in [1.807, 2.05) is 0 Å². The van der Waals surface area contributed by atoms with Crippen LogP contribution in [0.4, 0.5) is 0 Å². The average Bonchev–Trinajstić information content (AvgIpc) is 2.16. The number of carbonyl (C=O) groups is 1. The van der Waals surface area contributed by atoms with Gasteiger partial charge in [-0.15, -0.1) is 0 Å². The maximum atomic E-state index is 10.6. The van der Waals surface area contributed by atoms with Gasteiger partial charge in [-0.3, -0.25) is 4.79 Å². The zero-order valence-electron chi connectivity index (χ0n) is 7.98. The summed E-state index contributed by atoms with van der Waals surface area (Å²) in [5, 5.41) is 18.1. The number of carboxylic acid groups (broad SMARTS) is 1. The molecule has 82 valence electrons. The Morgan fingerprint density at radius 3 is 2.73 bits per heavy atom. The number of halogens is 1. The summed E-state index contributed by atoms with van der Waals surface area (Å²) < 4.78 is 0. The molecule has 0 aliphatic heterocycles. The molecule has 15 heavy (non-hydrogen) atoms. The van der Waals surface area contributed by atoms with Gasteiger partial charge in [0.1, 0.15) is 0 Å². The number of rotatable bonds is 4. The van der Waals surface area contributed by atoms with Crippen molar-refractivity contribution in [1.29, 1.82) is 0 Å². The largest absolute Gasteiger partial charge is 0.481 e. The molecule has 0 aliphatic rings. The summed E-state index contributed by atoms with van der Waals surface area (Å²) in [7, 11) is 0. The molecule has 4 N–H and O–H groups in total. The van der Waals surface area contributed by atoms with Gasteiger partial charge < -0.3 is 15.9 Å². The quantitative estimate of drug-likeness (QED) is 0.718. The Kier molecular flexibility index (Phi) is 4.08. The van der Waals surface area contributed by atoms with Crippen LogP contribution in [0.15, 0.2) is 18.2 Å². The van der Waals surface area contributed by atoms with Crippen molar-refractivity contribution in [1.82, 2.24) is 0 Å². The number of hydrogen-bond donors (Lipinski definition) is 3. The SMILES string of the molecule is N[C@H](CO)c1ccc(Cl)cc1CC(=O)O. The minimum absolute atomic E-state index is 0.149. The normalized spacial score (nSPS) is 12.5. The molecule has 0 amide bonds. The predicted octanol–water partition coefficient (Wildman–Crippen LogP) is 0.959. The third-order valence-electron chi connectivity index (χ3n) is 2.04.